The van der Waals surface area contributed by atoms with Gasteiger partial charge in [0.05, 0.1) is 29.5 Å². The molecular weight excluding hydrogens is 487 g/mol. The number of rotatable bonds is 5. The molecule has 36 heavy (non-hydrogen) atoms. The topological polar surface area (TPSA) is 56.6 Å². The molecule has 1 amide bonds. The summed E-state index contributed by atoms with van der Waals surface area (Å²) in [5, 5.41) is 9.14. The van der Waals surface area contributed by atoms with Crippen LogP contribution in [0.5, 0.6) is 5.75 Å². The number of thiocarbonyl (C=S) groups is 1. The number of nitrogens with zero attached hydrogens (tertiary/aromatic N) is 3. The predicted molar refractivity (Wildman–Crippen MR) is 136 cm³/mol. The van der Waals surface area contributed by atoms with Crippen LogP contribution < -0.4 is 14.5 Å². The highest BCUT2D eigenvalue weighted by molar-refractivity contribution is 7.81. The molecule has 1 heterocycles. The molecule has 1 fully saturated rings. The average Bonchev–Trinajstić information content (AvgIpc) is 3.02. The fraction of sp³-hybridized carbons (Fsp3) is 0.222. The number of anilines is 2. The van der Waals surface area contributed by atoms with Gasteiger partial charge in [-0.2, -0.15) is 18.4 Å². The second-order valence-electron chi connectivity index (χ2n) is 8.66. The van der Waals surface area contributed by atoms with Crippen LogP contribution in [0.3, 0.4) is 0 Å². The van der Waals surface area contributed by atoms with Crippen LogP contribution in [0.4, 0.5) is 24.5 Å². The third-order valence-corrected chi connectivity index (χ3v) is 6.34. The van der Waals surface area contributed by atoms with Gasteiger partial charge in [0.1, 0.15) is 11.3 Å². The van der Waals surface area contributed by atoms with E-state index in [-0.39, 0.29) is 10.8 Å². The van der Waals surface area contributed by atoms with Gasteiger partial charge in [-0.05, 0) is 86.6 Å². The predicted octanol–water partition coefficient (Wildman–Crippen LogP) is 6.56. The Hall–Kier alpha value is -3.90. The molecule has 3 aromatic carbocycles. The molecule has 1 aliphatic rings. The molecular formula is C27H22F3N3O2S. The molecule has 0 radical (unpaired) electrons. The van der Waals surface area contributed by atoms with Gasteiger partial charge < -0.3 is 9.64 Å². The van der Waals surface area contributed by atoms with Gasteiger partial charge in [0.15, 0.2) is 5.11 Å². The lowest BCUT2D eigenvalue weighted by Gasteiger charge is -2.29. The molecule has 0 unspecified atom stereocenters. The minimum absolute atomic E-state index is 0.0436. The van der Waals surface area contributed by atoms with E-state index in [0.717, 1.165) is 33.9 Å². The summed E-state index contributed by atoms with van der Waals surface area (Å²) in [5.74, 6) is 0.304. The molecule has 0 aliphatic carbocycles. The summed E-state index contributed by atoms with van der Waals surface area (Å²) in [6.07, 6.45) is -4.75. The lowest BCUT2D eigenvalue weighted by Crippen LogP contribution is -2.44. The maximum atomic E-state index is 13.5. The molecule has 0 saturated carbocycles. The summed E-state index contributed by atoms with van der Waals surface area (Å²) < 4.78 is 46.0. The molecule has 0 aromatic heterocycles. The largest absolute Gasteiger partial charge is 0.494 e. The van der Waals surface area contributed by atoms with Crippen molar-refractivity contribution >= 4 is 34.6 Å². The number of hydrogen-bond acceptors (Lipinski definition) is 4. The maximum absolute atomic E-state index is 13.5. The Bertz CT molecular complexity index is 1360. The number of carbonyl (C=O) groups excluding carboxylic acids is 1. The first kappa shape index (κ1) is 25.2. The van der Waals surface area contributed by atoms with Gasteiger partial charge >= 0.3 is 6.18 Å². The minimum atomic E-state index is -4.75. The Kier molecular flexibility index (Phi) is 6.50. The standard InChI is InChI=1S/C27H22F3N3O2S/c1-4-35-22-13-8-18(9-14-22)17-5-10-20(11-6-17)33-25(36)32(24(34)26(33,2)3)21-12-7-19(16-31)23(15-21)27(28,29)30/h5-15H,4H2,1-3H3. The SMILES string of the molecule is CCOc1ccc(-c2ccc(N3C(=S)N(c4ccc(C#N)c(C(F)(F)F)c4)C(=O)C3(C)C)cc2)cc1. The van der Waals surface area contributed by atoms with E-state index in [4.69, 9.17) is 22.2 Å². The Morgan fingerprint density at radius 2 is 1.53 bits per heavy atom. The molecule has 0 N–H and O–H groups in total. The van der Waals surface area contributed by atoms with Crippen LogP contribution in [0.25, 0.3) is 11.1 Å². The number of nitriles is 1. The Morgan fingerprint density at radius 1 is 0.972 bits per heavy atom. The third kappa shape index (κ3) is 4.40. The van der Waals surface area contributed by atoms with Gasteiger partial charge in [0.2, 0.25) is 0 Å². The van der Waals surface area contributed by atoms with Crippen LogP contribution in [0.2, 0.25) is 0 Å². The van der Waals surface area contributed by atoms with Crippen LogP contribution >= 0.6 is 12.2 Å². The lowest BCUT2D eigenvalue weighted by molar-refractivity contribution is -0.137. The number of alkyl halides is 3. The van der Waals surface area contributed by atoms with Crippen molar-refractivity contribution in [1.29, 1.82) is 5.26 Å². The van der Waals surface area contributed by atoms with E-state index in [9.17, 15) is 18.0 Å². The molecule has 3 aromatic rings. The second-order valence-corrected chi connectivity index (χ2v) is 9.03. The van der Waals surface area contributed by atoms with Crippen LogP contribution in [0, 0.1) is 11.3 Å². The molecule has 1 saturated heterocycles. The molecule has 9 heteroatoms. The lowest BCUT2D eigenvalue weighted by atomic mass is 10.0. The number of hydrogen-bond donors (Lipinski definition) is 0. The van der Waals surface area contributed by atoms with Crippen LogP contribution in [0.1, 0.15) is 31.9 Å². The monoisotopic (exact) mass is 509 g/mol. The number of benzene rings is 3. The van der Waals surface area contributed by atoms with Crippen molar-refractivity contribution in [1.82, 2.24) is 0 Å². The van der Waals surface area contributed by atoms with Gasteiger partial charge in [-0.3, -0.25) is 9.69 Å². The highest BCUT2D eigenvalue weighted by Gasteiger charge is 2.50. The molecule has 1 aliphatic heterocycles. The zero-order chi connectivity index (χ0) is 26.3. The van der Waals surface area contributed by atoms with Crippen molar-refractivity contribution in [3.05, 3.63) is 77.9 Å². The Balaban J connectivity index is 1.67. The highest BCUT2D eigenvalue weighted by Crippen LogP contribution is 2.40. The van der Waals surface area contributed by atoms with Crippen molar-refractivity contribution in [2.45, 2.75) is 32.5 Å². The van der Waals surface area contributed by atoms with E-state index < -0.39 is 28.7 Å². The fourth-order valence-corrected chi connectivity index (χ4v) is 4.69. The maximum Gasteiger partial charge on any atom is 0.417 e. The summed E-state index contributed by atoms with van der Waals surface area (Å²) >= 11 is 5.59. The van der Waals surface area contributed by atoms with E-state index in [2.05, 4.69) is 0 Å². The minimum Gasteiger partial charge on any atom is -0.494 e. The fourth-order valence-electron chi connectivity index (χ4n) is 4.17. The van der Waals surface area contributed by atoms with Gasteiger partial charge in [-0.15, -0.1) is 0 Å². The zero-order valence-corrected chi connectivity index (χ0v) is 20.6. The molecule has 0 spiro atoms. The van der Waals surface area contributed by atoms with Crippen molar-refractivity contribution in [3.63, 3.8) is 0 Å². The number of amides is 1. The van der Waals surface area contributed by atoms with Gasteiger partial charge in [-0.25, -0.2) is 0 Å². The van der Waals surface area contributed by atoms with E-state index >= 15 is 0 Å². The summed E-state index contributed by atoms with van der Waals surface area (Å²) in [5.41, 5.74) is -0.292. The third-order valence-electron chi connectivity index (χ3n) is 5.98. The highest BCUT2D eigenvalue weighted by atomic mass is 32.1. The molecule has 5 nitrogen and oxygen atoms in total. The van der Waals surface area contributed by atoms with Crippen molar-refractivity contribution < 1.29 is 22.7 Å². The zero-order valence-electron chi connectivity index (χ0n) is 19.8. The average molecular weight is 510 g/mol. The van der Waals surface area contributed by atoms with E-state index in [1.165, 1.54) is 6.07 Å². The van der Waals surface area contributed by atoms with E-state index in [1.807, 2.05) is 55.5 Å². The Labute approximate surface area is 212 Å². The normalized spacial score (nSPS) is 15.2. The van der Waals surface area contributed by atoms with Crippen molar-refractivity contribution in [2.75, 3.05) is 16.4 Å². The van der Waals surface area contributed by atoms with Gasteiger partial charge in [-0.1, -0.05) is 24.3 Å². The quantitative estimate of drug-likeness (QED) is 0.365. The first-order valence-corrected chi connectivity index (χ1v) is 11.5. The van der Waals surface area contributed by atoms with Crippen LogP contribution in [0.15, 0.2) is 66.7 Å². The van der Waals surface area contributed by atoms with E-state index in [0.29, 0.717) is 12.3 Å². The summed E-state index contributed by atoms with van der Waals surface area (Å²) in [6.45, 7) is 5.82. The summed E-state index contributed by atoms with van der Waals surface area (Å²) in [7, 11) is 0. The Morgan fingerprint density at radius 3 is 2.06 bits per heavy atom. The second kappa shape index (κ2) is 9.28. The van der Waals surface area contributed by atoms with Gasteiger partial charge in [0, 0.05) is 5.69 Å². The molecule has 184 valence electrons. The molecule has 0 atom stereocenters. The first-order valence-electron chi connectivity index (χ1n) is 11.1. The summed E-state index contributed by atoms with van der Waals surface area (Å²) in [6, 6.07) is 19.8. The number of halogens is 3. The number of ether oxygens (including phenoxy) is 1. The van der Waals surface area contributed by atoms with Crippen molar-refractivity contribution in [2.24, 2.45) is 0 Å². The van der Waals surface area contributed by atoms with Gasteiger partial charge in [0.25, 0.3) is 5.91 Å². The first-order chi connectivity index (χ1) is 17.0. The van der Waals surface area contributed by atoms with Crippen LogP contribution in [-0.2, 0) is 11.0 Å². The summed E-state index contributed by atoms with van der Waals surface area (Å²) in [4.78, 5) is 16.1. The molecule has 0 bridgehead atoms. The van der Waals surface area contributed by atoms with Crippen LogP contribution in [-0.4, -0.2) is 23.2 Å². The smallest absolute Gasteiger partial charge is 0.417 e. The number of carbonyl (C=O) groups is 1. The van der Waals surface area contributed by atoms with Crippen molar-refractivity contribution in [3.8, 4) is 22.9 Å². The van der Waals surface area contributed by atoms with E-state index in [1.54, 1.807) is 24.8 Å². The molecule has 4 rings (SSSR count).